The van der Waals surface area contributed by atoms with Gasteiger partial charge in [0, 0.05) is 23.1 Å². The minimum Gasteiger partial charge on any atom is -0.393 e. The van der Waals surface area contributed by atoms with Gasteiger partial charge in [0.25, 0.3) is 0 Å². The van der Waals surface area contributed by atoms with E-state index < -0.39 is 0 Å². The normalized spacial score (nSPS) is 13.1. The molecule has 3 nitrogen and oxygen atoms in total. The van der Waals surface area contributed by atoms with Gasteiger partial charge in [-0.05, 0) is 32.4 Å². The highest BCUT2D eigenvalue weighted by Crippen LogP contribution is 2.26. The molecule has 0 spiro atoms. The van der Waals surface area contributed by atoms with Crippen LogP contribution in [0.1, 0.15) is 25.5 Å². The van der Waals surface area contributed by atoms with Gasteiger partial charge >= 0.3 is 0 Å². The van der Waals surface area contributed by atoms with Gasteiger partial charge in [-0.15, -0.1) is 0 Å². The second-order valence-electron chi connectivity index (χ2n) is 4.63. The van der Waals surface area contributed by atoms with Gasteiger partial charge in [-0.2, -0.15) is 0 Å². The first-order valence-electron chi connectivity index (χ1n) is 6.32. The highest BCUT2D eigenvalue weighted by atomic mass is 35.5. The maximum Gasteiger partial charge on any atom is 0.0705 e. The molecule has 0 bridgehead atoms. The summed E-state index contributed by atoms with van der Waals surface area (Å²) in [6.45, 7) is 3.43. The number of hydrogen-bond acceptors (Lipinski definition) is 2. The van der Waals surface area contributed by atoms with Crippen LogP contribution in [0.4, 0.5) is 0 Å². The van der Waals surface area contributed by atoms with Crippen LogP contribution >= 0.6 is 11.6 Å². The van der Waals surface area contributed by atoms with Crippen molar-refractivity contribution in [2.45, 2.75) is 32.4 Å². The highest BCUT2D eigenvalue weighted by molar-refractivity contribution is 6.36. The van der Waals surface area contributed by atoms with Gasteiger partial charge in [-0.3, -0.25) is 0 Å². The number of H-pyrrole nitrogens is 1. The summed E-state index contributed by atoms with van der Waals surface area (Å²) in [6, 6.07) is 8.03. The lowest BCUT2D eigenvalue weighted by Crippen LogP contribution is -2.16. The number of fused-ring (bicyclic) bond motifs is 1. The Bertz CT molecular complexity index is 507. The van der Waals surface area contributed by atoms with Gasteiger partial charge < -0.3 is 15.4 Å². The number of aliphatic hydroxyl groups is 1. The summed E-state index contributed by atoms with van der Waals surface area (Å²) in [5.41, 5.74) is 2.10. The first-order chi connectivity index (χ1) is 8.68. The van der Waals surface area contributed by atoms with E-state index in [-0.39, 0.29) is 6.10 Å². The molecule has 0 aliphatic rings. The first kappa shape index (κ1) is 13.4. The molecule has 4 heteroatoms. The van der Waals surface area contributed by atoms with Crippen LogP contribution in [0, 0.1) is 0 Å². The molecule has 0 aliphatic carbocycles. The molecule has 0 aliphatic heterocycles. The van der Waals surface area contributed by atoms with Crippen LogP contribution in [0.25, 0.3) is 10.9 Å². The SMILES string of the molecule is CC(O)CCCNCc1[nH]c2ccccc2c1Cl. The van der Waals surface area contributed by atoms with E-state index in [1.54, 1.807) is 0 Å². The molecule has 1 aromatic heterocycles. The summed E-state index contributed by atoms with van der Waals surface area (Å²) < 4.78 is 0. The lowest BCUT2D eigenvalue weighted by Gasteiger charge is -2.05. The van der Waals surface area contributed by atoms with Crippen molar-refractivity contribution in [3.63, 3.8) is 0 Å². The second kappa shape index (κ2) is 6.23. The van der Waals surface area contributed by atoms with Gasteiger partial charge in [0.05, 0.1) is 11.1 Å². The maximum absolute atomic E-state index is 9.15. The first-order valence-corrected chi connectivity index (χ1v) is 6.70. The van der Waals surface area contributed by atoms with Crippen LogP contribution in [0.3, 0.4) is 0 Å². The smallest absolute Gasteiger partial charge is 0.0705 e. The molecular formula is C14H19ClN2O. The fourth-order valence-corrected chi connectivity index (χ4v) is 2.30. The number of rotatable bonds is 6. The number of benzene rings is 1. The Balaban J connectivity index is 1.90. The third-order valence-corrected chi connectivity index (χ3v) is 3.42. The molecule has 0 saturated heterocycles. The molecule has 1 aromatic carbocycles. The lowest BCUT2D eigenvalue weighted by molar-refractivity contribution is 0.181. The molecule has 1 heterocycles. The Kier molecular flexibility index (Phi) is 4.64. The van der Waals surface area contributed by atoms with E-state index in [2.05, 4.69) is 10.3 Å². The summed E-state index contributed by atoms with van der Waals surface area (Å²) in [4.78, 5) is 3.32. The minimum atomic E-state index is -0.219. The van der Waals surface area contributed by atoms with Crippen LogP contribution in [-0.2, 0) is 6.54 Å². The lowest BCUT2D eigenvalue weighted by atomic mass is 10.2. The van der Waals surface area contributed by atoms with Gasteiger partial charge in [-0.1, -0.05) is 29.8 Å². The zero-order chi connectivity index (χ0) is 13.0. The molecule has 0 fully saturated rings. The van der Waals surface area contributed by atoms with Crippen molar-refractivity contribution in [3.8, 4) is 0 Å². The monoisotopic (exact) mass is 266 g/mol. The van der Waals surface area contributed by atoms with Crippen LogP contribution in [0.2, 0.25) is 5.02 Å². The van der Waals surface area contributed by atoms with Crippen molar-refractivity contribution in [3.05, 3.63) is 35.0 Å². The second-order valence-corrected chi connectivity index (χ2v) is 5.01. The fourth-order valence-electron chi connectivity index (χ4n) is 2.02. The molecule has 1 atom stereocenters. The molecular weight excluding hydrogens is 248 g/mol. The number of halogens is 1. The molecule has 0 saturated carbocycles. The van der Waals surface area contributed by atoms with Crippen molar-refractivity contribution in [2.24, 2.45) is 0 Å². The number of hydrogen-bond donors (Lipinski definition) is 3. The molecule has 2 rings (SSSR count). The van der Waals surface area contributed by atoms with E-state index >= 15 is 0 Å². The predicted molar refractivity (Wildman–Crippen MR) is 75.9 cm³/mol. The van der Waals surface area contributed by atoms with Crippen molar-refractivity contribution < 1.29 is 5.11 Å². The summed E-state index contributed by atoms with van der Waals surface area (Å²) >= 11 is 6.31. The van der Waals surface area contributed by atoms with E-state index in [0.29, 0.717) is 0 Å². The van der Waals surface area contributed by atoms with Crippen LogP contribution in [0.5, 0.6) is 0 Å². The van der Waals surface area contributed by atoms with E-state index in [0.717, 1.165) is 47.6 Å². The Morgan fingerprint density at radius 3 is 2.89 bits per heavy atom. The van der Waals surface area contributed by atoms with Gasteiger partial charge in [0.1, 0.15) is 0 Å². The van der Waals surface area contributed by atoms with E-state index in [1.165, 1.54) is 0 Å². The topological polar surface area (TPSA) is 48.0 Å². The van der Waals surface area contributed by atoms with Crippen molar-refractivity contribution in [1.29, 1.82) is 0 Å². The van der Waals surface area contributed by atoms with Crippen molar-refractivity contribution >= 4 is 22.5 Å². The number of para-hydroxylation sites is 1. The third kappa shape index (κ3) is 3.25. The molecule has 0 amide bonds. The van der Waals surface area contributed by atoms with Crippen LogP contribution in [-0.4, -0.2) is 22.7 Å². The van der Waals surface area contributed by atoms with Gasteiger partial charge in [0.2, 0.25) is 0 Å². The minimum absolute atomic E-state index is 0.219. The van der Waals surface area contributed by atoms with Crippen molar-refractivity contribution in [1.82, 2.24) is 10.3 Å². The van der Waals surface area contributed by atoms with Gasteiger partial charge in [-0.25, -0.2) is 0 Å². The molecule has 0 radical (unpaired) electrons. The molecule has 18 heavy (non-hydrogen) atoms. The number of aromatic amines is 1. The predicted octanol–water partition coefficient (Wildman–Crippen LogP) is 3.07. The largest absolute Gasteiger partial charge is 0.393 e. The van der Waals surface area contributed by atoms with Gasteiger partial charge in [0.15, 0.2) is 0 Å². The van der Waals surface area contributed by atoms with E-state index in [1.807, 2.05) is 31.2 Å². The summed E-state index contributed by atoms with van der Waals surface area (Å²) in [5.74, 6) is 0. The zero-order valence-electron chi connectivity index (χ0n) is 10.5. The quantitative estimate of drug-likeness (QED) is 0.704. The summed E-state index contributed by atoms with van der Waals surface area (Å²) in [5, 5.41) is 14.4. The third-order valence-electron chi connectivity index (χ3n) is 2.99. The standard InChI is InChI=1S/C14H19ClN2O/c1-10(18)5-4-8-16-9-13-14(15)11-6-2-3-7-12(11)17-13/h2-3,6-7,10,16-18H,4-5,8-9H2,1H3. The zero-order valence-corrected chi connectivity index (χ0v) is 11.3. The Labute approximate surface area is 112 Å². The molecule has 1 unspecified atom stereocenters. The van der Waals surface area contributed by atoms with Crippen molar-refractivity contribution in [2.75, 3.05) is 6.54 Å². The maximum atomic E-state index is 9.15. The summed E-state index contributed by atoms with van der Waals surface area (Å²) in [6.07, 6.45) is 1.58. The number of aliphatic hydroxyl groups excluding tert-OH is 1. The van der Waals surface area contributed by atoms with E-state index in [9.17, 15) is 0 Å². The fraction of sp³-hybridized carbons (Fsp3) is 0.429. The van der Waals surface area contributed by atoms with Crippen LogP contribution < -0.4 is 5.32 Å². The molecule has 98 valence electrons. The average molecular weight is 267 g/mol. The van der Waals surface area contributed by atoms with Crippen LogP contribution in [0.15, 0.2) is 24.3 Å². The number of aromatic nitrogens is 1. The Morgan fingerprint density at radius 1 is 1.39 bits per heavy atom. The van der Waals surface area contributed by atoms with E-state index in [4.69, 9.17) is 16.7 Å². The Hall–Kier alpha value is -1.03. The highest BCUT2D eigenvalue weighted by Gasteiger charge is 2.07. The molecule has 2 aromatic rings. The average Bonchev–Trinajstić information content (AvgIpc) is 2.66. The Morgan fingerprint density at radius 2 is 2.17 bits per heavy atom. The summed E-state index contributed by atoms with van der Waals surface area (Å²) in [7, 11) is 0. The molecule has 3 N–H and O–H groups in total. The number of nitrogens with one attached hydrogen (secondary N) is 2.